The highest BCUT2D eigenvalue weighted by Gasteiger charge is 2.20. The lowest BCUT2D eigenvalue weighted by molar-refractivity contribution is -0.385. The van der Waals surface area contributed by atoms with Crippen molar-refractivity contribution in [2.24, 2.45) is 0 Å². The molecular formula is C13H8N2O7. The molecule has 2 rings (SSSR count). The summed E-state index contributed by atoms with van der Waals surface area (Å²) in [6.45, 7) is 0. The van der Waals surface area contributed by atoms with Gasteiger partial charge in [0.25, 0.3) is 11.4 Å². The maximum atomic E-state index is 11.0. The maximum absolute atomic E-state index is 11.0. The van der Waals surface area contributed by atoms with Crippen molar-refractivity contribution in [3.63, 3.8) is 0 Å². The van der Waals surface area contributed by atoms with Gasteiger partial charge in [0.15, 0.2) is 0 Å². The Balaban J connectivity index is 2.30. The number of ether oxygens (including phenoxy) is 1. The van der Waals surface area contributed by atoms with Crippen LogP contribution in [0.25, 0.3) is 0 Å². The zero-order valence-electron chi connectivity index (χ0n) is 10.8. The fourth-order valence-electron chi connectivity index (χ4n) is 1.68. The van der Waals surface area contributed by atoms with Gasteiger partial charge in [0.2, 0.25) is 0 Å². The summed E-state index contributed by atoms with van der Waals surface area (Å²) < 4.78 is 5.33. The molecule has 0 heterocycles. The first-order valence-corrected chi connectivity index (χ1v) is 5.82. The third-order valence-corrected chi connectivity index (χ3v) is 2.68. The number of non-ortho nitro benzene ring substituents is 1. The van der Waals surface area contributed by atoms with Crippen molar-refractivity contribution in [3.8, 4) is 11.5 Å². The van der Waals surface area contributed by atoms with Crippen molar-refractivity contribution in [1.82, 2.24) is 0 Å². The van der Waals surface area contributed by atoms with Gasteiger partial charge >= 0.3 is 5.97 Å². The first-order valence-electron chi connectivity index (χ1n) is 5.82. The highest BCUT2D eigenvalue weighted by Crippen LogP contribution is 2.28. The summed E-state index contributed by atoms with van der Waals surface area (Å²) in [5.74, 6) is -1.16. The molecule has 1 N–H and O–H groups in total. The van der Waals surface area contributed by atoms with Crippen molar-refractivity contribution in [3.05, 3.63) is 68.3 Å². The molecule has 0 aliphatic rings. The van der Waals surface area contributed by atoms with Gasteiger partial charge in [-0.2, -0.15) is 0 Å². The summed E-state index contributed by atoms with van der Waals surface area (Å²) in [6.07, 6.45) is 0. The summed E-state index contributed by atoms with van der Waals surface area (Å²) in [6, 6.07) is 8.38. The van der Waals surface area contributed by atoms with Crippen molar-refractivity contribution < 1.29 is 24.5 Å². The Morgan fingerprint density at radius 2 is 1.55 bits per heavy atom. The smallest absolute Gasteiger partial charge is 0.342 e. The molecule has 0 aliphatic carbocycles. The van der Waals surface area contributed by atoms with Gasteiger partial charge in [-0.3, -0.25) is 20.2 Å². The fourth-order valence-corrected chi connectivity index (χ4v) is 1.68. The molecule has 2 aromatic carbocycles. The van der Waals surface area contributed by atoms with Crippen LogP contribution in [0.3, 0.4) is 0 Å². The normalized spacial score (nSPS) is 10.0. The van der Waals surface area contributed by atoms with E-state index < -0.39 is 27.1 Å². The van der Waals surface area contributed by atoms with E-state index in [1.807, 2.05) is 0 Å². The third kappa shape index (κ3) is 3.15. The quantitative estimate of drug-likeness (QED) is 0.662. The first kappa shape index (κ1) is 14.9. The van der Waals surface area contributed by atoms with Gasteiger partial charge in [-0.1, -0.05) is 0 Å². The van der Waals surface area contributed by atoms with Crippen LogP contribution in [0.15, 0.2) is 42.5 Å². The molecule has 0 bridgehead atoms. The Morgan fingerprint density at radius 1 is 0.955 bits per heavy atom. The van der Waals surface area contributed by atoms with Crippen LogP contribution in [0.4, 0.5) is 11.4 Å². The zero-order valence-corrected chi connectivity index (χ0v) is 10.8. The van der Waals surface area contributed by atoms with Gasteiger partial charge in [-0.15, -0.1) is 0 Å². The molecule has 0 aliphatic heterocycles. The molecule has 9 heteroatoms. The average molecular weight is 304 g/mol. The van der Waals surface area contributed by atoms with Crippen LogP contribution >= 0.6 is 0 Å². The summed E-state index contributed by atoms with van der Waals surface area (Å²) in [7, 11) is 0. The Bertz CT molecular complexity index is 755. The summed E-state index contributed by atoms with van der Waals surface area (Å²) in [5.41, 5.74) is -1.18. The van der Waals surface area contributed by atoms with Gasteiger partial charge in [-0.05, 0) is 18.2 Å². The van der Waals surface area contributed by atoms with Gasteiger partial charge in [0.1, 0.15) is 17.1 Å². The Labute approximate surface area is 122 Å². The number of hydrogen-bond donors (Lipinski definition) is 1. The number of aromatic carboxylic acids is 1. The van der Waals surface area contributed by atoms with Crippen molar-refractivity contribution >= 4 is 17.3 Å². The van der Waals surface area contributed by atoms with E-state index in [2.05, 4.69) is 0 Å². The number of benzene rings is 2. The van der Waals surface area contributed by atoms with E-state index in [1.54, 1.807) is 0 Å². The van der Waals surface area contributed by atoms with Crippen LogP contribution in [0.5, 0.6) is 11.5 Å². The standard InChI is InChI=1S/C13H8N2O7/c16-13(17)11-7-10(5-6-12(11)15(20)21)22-9-3-1-8(2-4-9)14(18)19/h1-7H,(H,16,17). The lowest BCUT2D eigenvalue weighted by atomic mass is 10.1. The zero-order chi connectivity index (χ0) is 16.3. The molecule has 0 saturated heterocycles. The number of carboxylic acid groups (broad SMARTS) is 1. The molecule has 0 atom stereocenters. The van der Waals surface area contributed by atoms with E-state index in [4.69, 9.17) is 9.84 Å². The molecule has 0 radical (unpaired) electrons. The van der Waals surface area contributed by atoms with E-state index in [-0.39, 0.29) is 17.2 Å². The average Bonchev–Trinajstić information content (AvgIpc) is 2.47. The van der Waals surface area contributed by atoms with E-state index in [1.165, 1.54) is 30.3 Å². The predicted octanol–water partition coefficient (Wildman–Crippen LogP) is 2.99. The Kier molecular flexibility index (Phi) is 3.98. The number of nitro benzene ring substituents is 2. The molecule has 0 spiro atoms. The molecule has 0 amide bonds. The minimum Gasteiger partial charge on any atom is -0.477 e. The lowest BCUT2D eigenvalue weighted by Crippen LogP contribution is -2.02. The van der Waals surface area contributed by atoms with Crippen molar-refractivity contribution in [1.29, 1.82) is 0 Å². The summed E-state index contributed by atoms with van der Waals surface area (Å²) >= 11 is 0. The molecule has 2 aromatic rings. The number of carboxylic acids is 1. The monoisotopic (exact) mass is 304 g/mol. The molecule has 0 unspecified atom stereocenters. The predicted molar refractivity (Wildman–Crippen MR) is 73.2 cm³/mol. The maximum Gasteiger partial charge on any atom is 0.342 e. The Morgan fingerprint density at radius 3 is 2.05 bits per heavy atom. The molecule has 0 saturated carbocycles. The van der Waals surface area contributed by atoms with E-state index in [0.29, 0.717) is 0 Å². The van der Waals surface area contributed by atoms with E-state index >= 15 is 0 Å². The van der Waals surface area contributed by atoms with Gasteiger partial charge in [0, 0.05) is 24.3 Å². The number of nitro groups is 2. The van der Waals surface area contributed by atoms with Crippen LogP contribution < -0.4 is 4.74 Å². The second-order valence-electron chi connectivity index (χ2n) is 4.09. The lowest BCUT2D eigenvalue weighted by Gasteiger charge is -2.06. The highest BCUT2D eigenvalue weighted by atomic mass is 16.6. The number of carbonyl (C=O) groups is 1. The topological polar surface area (TPSA) is 133 Å². The van der Waals surface area contributed by atoms with Crippen molar-refractivity contribution in [2.45, 2.75) is 0 Å². The van der Waals surface area contributed by atoms with Crippen LogP contribution in [-0.4, -0.2) is 20.9 Å². The van der Waals surface area contributed by atoms with Crippen LogP contribution in [-0.2, 0) is 0 Å². The molecule has 112 valence electrons. The van der Waals surface area contributed by atoms with Gasteiger partial charge in [0.05, 0.1) is 9.85 Å². The fraction of sp³-hybridized carbons (Fsp3) is 0. The summed E-state index contributed by atoms with van der Waals surface area (Å²) in [5, 5.41) is 30.2. The second kappa shape index (κ2) is 5.87. The summed E-state index contributed by atoms with van der Waals surface area (Å²) in [4.78, 5) is 30.9. The first-order chi connectivity index (χ1) is 10.4. The molecule has 22 heavy (non-hydrogen) atoms. The number of hydrogen-bond acceptors (Lipinski definition) is 6. The second-order valence-corrected chi connectivity index (χ2v) is 4.09. The molecule has 9 nitrogen and oxygen atoms in total. The van der Waals surface area contributed by atoms with Crippen molar-refractivity contribution in [2.75, 3.05) is 0 Å². The third-order valence-electron chi connectivity index (χ3n) is 2.68. The Hall–Kier alpha value is -3.49. The van der Waals surface area contributed by atoms with Crippen LogP contribution in [0.1, 0.15) is 10.4 Å². The number of nitrogens with zero attached hydrogens (tertiary/aromatic N) is 2. The largest absolute Gasteiger partial charge is 0.477 e. The van der Waals surface area contributed by atoms with E-state index in [9.17, 15) is 25.0 Å². The minimum absolute atomic E-state index is 0.0665. The van der Waals surface area contributed by atoms with Gasteiger partial charge < -0.3 is 9.84 Å². The van der Waals surface area contributed by atoms with Crippen LogP contribution in [0.2, 0.25) is 0 Å². The minimum atomic E-state index is -1.46. The molecule has 0 fully saturated rings. The molecular weight excluding hydrogens is 296 g/mol. The van der Waals surface area contributed by atoms with Crippen LogP contribution in [0, 0.1) is 20.2 Å². The SMILES string of the molecule is O=C(O)c1cc(Oc2ccc([N+](=O)[O-])cc2)ccc1[N+](=O)[O-]. The molecule has 0 aromatic heterocycles. The van der Waals surface area contributed by atoms with Gasteiger partial charge in [-0.25, -0.2) is 4.79 Å². The van der Waals surface area contributed by atoms with E-state index in [0.717, 1.165) is 12.1 Å². The highest BCUT2D eigenvalue weighted by molar-refractivity contribution is 5.92. The number of rotatable bonds is 5.